The van der Waals surface area contributed by atoms with Crippen molar-refractivity contribution in [3.05, 3.63) is 102 Å². The van der Waals surface area contributed by atoms with Crippen LogP contribution in [0.15, 0.2) is 79.4 Å². The molecule has 0 radical (unpaired) electrons. The van der Waals surface area contributed by atoms with Crippen LogP contribution in [0.1, 0.15) is 53.9 Å². The summed E-state index contributed by atoms with van der Waals surface area (Å²) in [5.74, 6) is -0.946. The summed E-state index contributed by atoms with van der Waals surface area (Å²) in [6, 6.07) is 23.0. The van der Waals surface area contributed by atoms with Gasteiger partial charge in [0.1, 0.15) is 0 Å². The molecule has 0 heterocycles. The van der Waals surface area contributed by atoms with E-state index in [9.17, 15) is 9.90 Å². The first-order valence-electron chi connectivity index (χ1n) is 11.9. The summed E-state index contributed by atoms with van der Waals surface area (Å²) in [5, 5.41) is 23.2. The van der Waals surface area contributed by atoms with E-state index in [1.807, 2.05) is 37.3 Å². The lowest BCUT2D eigenvalue weighted by Gasteiger charge is -2.28. The SMILES string of the molecule is C=Cc1ccc(CC(C)(C)NC[C@@H](O)COC(C)c2ccccc2-c2ccc(C(=O)O)cc2)cc1. The second-order valence-corrected chi connectivity index (χ2v) is 9.49. The first-order valence-corrected chi connectivity index (χ1v) is 11.9. The van der Waals surface area contributed by atoms with Crippen molar-refractivity contribution in [1.82, 2.24) is 5.32 Å². The molecule has 3 aromatic carbocycles. The summed E-state index contributed by atoms with van der Waals surface area (Å²) in [4.78, 5) is 11.2. The number of ether oxygens (including phenoxy) is 1. The smallest absolute Gasteiger partial charge is 0.335 e. The van der Waals surface area contributed by atoms with Crippen molar-refractivity contribution in [1.29, 1.82) is 0 Å². The maximum Gasteiger partial charge on any atom is 0.335 e. The number of carbonyl (C=O) groups is 1. The number of rotatable bonds is 12. The summed E-state index contributed by atoms with van der Waals surface area (Å²) < 4.78 is 6.03. The molecule has 0 amide bonds. The standard InChI is InChI=1S/C30H35NO4/c1-5-22-10-12-23(13-11-22)18-30(3,4)31-19-26(32)20-35-21(2)27-8-6-7-9-28(27)24-14-16-25(17-15-24)29(33)34/h5-17,21,26,31-32H,1,18-20H2,2-4H3,(H,33,34)/t21?,26-/m1/s1. The van der Waals surface area contributed by atoms with E-state index in [-0.39, 0.29) is 23.8 Å². The number of aliphatic hydroxyl groups is 1. The number of hydrogen-bond acceptors (Lipinski definition) is 4. The van der Waals surface area contributed by atoms with Crippen molar-refractivity contribution in [3.8, 4) is 11.1 Å². The Labute approximate surface area is 208 Å². The second-order valence-electron chi connectivity index (χ2n) is 9.49. The van der Waals surface area contributed by atoms with E-state index in [1.54, 1.807) is 24.3 Å². The molecule has 184 valence electrons. The summed E-state index contributed by atoms with van der Waals surface area (Å²) >= 11 is 0. The Balaban J connectivity index is 1.55. The molecular weight excluding hydrogens is 438 g/mol. The van der Waals surface area contributed by atoms with Crippen molar-refractivity contribution in [2.45, 2.75) is 44.9 Å². The lowest BCUT2D eigenvalue weighted by Crippen LogP contribution is -2.46. The van der Waals surface area contributed by atoms with E-state index in [1.165, 1.54) is 5.56 Å². The minimum Gasteiger partial charge on any atom is -0.478 e. The third-order valence-electron chi connectivity index (χ3n) is 6.06. The number of carboxylic acids is 1. The molecule has 5 nitrogen and oxygen atoms in total. The van der Waals surface area contributed by atoms with Gasteiger partial charge in [-0.2, -0.15) is 0 Å². The zero-order chi connectivity index (χ0) is 25.4. The van der Waals surface area contributed by atoms with Gasteiger partial charge < -0.3 is 20.3 Å². The van der Waals surface area contributed by atoms with Crippen molar-refractivity contribution in [2.24, 2.45) is 0 Å². The predicted octanol–water partition coefficient (Wildman–Crippen LogP) is 5.74. The van der Waals surface area contributed by atoms with E-state index in [4.69, 9.17) is 9.84 Å². The molecule has 0 aliphatic carbocycles. The van der Waals surface area contributed by atoms with Crippen LogP contribution >= 0.6 is 0 Å². The monoisotopic (exact) mass is 473 g/mol. The van der Waals surface area contributed by atoms with Gasteiger partial charge >= 0.3 is 5.97 Å². The maximum atomic E-state index is 11.2. The lowest BCUT2D eigenvalue weighted by atomic mass is 9.94. The largest absolute Gasteiger partial charge is 0.478 e. The Kier molecular flexibility index (Phi) is 8.99. The first kappa shape index (κ1) is 26.4. The zero-order valence-corrected chi connectivity index (χ0v) is 20.7. The molecule has 0 aliphatic rings. The van der Waals surface area contributed by atoms with Crippen molar-refractivity contribution in [2.75, 3.05) is 13.2 Å². The molecule has 0 saturated heterocycles. The summed E-state index contributed by atoms with van der Waals surface area (Å²) in [6.45, 7) is 10.6. The highest BCUT2D eigenvalue weighted by atomic mass is 16.5. The van der Waals surface area contributed by atoms with Crippen LogP contribution < -0.4 is 5.32 Å². The van der Waals surface area contributed by atoms with E-state index < -0.39 is 12.1 Å². The summed E-state index contributed by atoms with van der Waals surface area (Å²) in [5.41, 5.74) is 5.28. The Morgan fingerprint density at radius 2 is 1.71 bits per heavy atom. The molecular formula is C30H35NO4. The molecule has 3 aromatic rings. The van der Waals surface area contributed by atoms with Crippen LogP contribution in [0.3, 0.4) is 0 Å². The van der Waals surface area contributed by atoms with Crippen LogP contribution in [0.5, 0.6) is 0 Å². The van der Waals surface area contributed by atoms with E-state index in [0.717, 1.165) is 28.7 Å². The number of benzene rings is 3. The highest BCUT2D eigenvalue weighted by Crippen LogP contribution is 2.30. The topological polar surface area (TPSA) is 78.8 Å². The minimum absolute atomic E-state index is 0.184. The van der Waals surface area contributed by atoms with Gasteiger partial charge in [-0.25, -0.2) is 4.79 Å². The minimum atomic E-state index is -0.946. The van der Waals surface area contributed by atoms with Gasteiger partial charge in [0.25, 0.3) is 0 Å². The third-order valence-corrected chi connectivity index (χ3v) is 6.06. The van der Waals surface area contributed by atoms with Gasteiger partial charge in [0.05, 0.1) is 24.4 Å². The van der Waals surface area contributed by atoms with Gasteiger partial charge in [0.15, 0.2) is 0 Å². The molecule has 3 rings (SSSR count). The number of carboxylic acid groups (broad SMARTS) is 1. The average molecular weight is 474 g/mol. The van der Waals surface area contributed by atoms with Crippen molar-refractivity contribution in [3.63, 3.8) is 0 Å². The number of nitrogens with one attached hydrogen (secondary N) is 1. The Bertz CT molecular complexity index is 1120. The molecule has 0 fully saturated rings. The molecule has 3 N–H and O–H groups in total. The van der Waals surface area contributed by atoms with Crippen LogP contribution in [0.2, 0.25) is 0 Å². The molecule has 0 aliphatic heterocycles. The fourth-order valence-corrected chi connectivity index (χ4v) is 4.05. The zero-order valence-electron chi connectivity index (χ0n) is 20.7. The van der Waals surface area contributed by atoms with Gasteiger partial charge in [-0.15, -0.1) is 0 Å². The highest BCUT2D eigenvalue weighted by molar-refractivity contribution is 5.88. The molecule has 0 saturated carbocycles. The van der Waals surface area contributed by atoms with Gasteiger partial charge in [-0.05, 0) is 67.1 Å². The van der Waals surface area contributed by atoms with Crippen LogP contribution in [-0.2, 0) is 11.2 Å². The predicted molar refractivity (Wildman–Crippen MR) is 142 cm³/mol. The fourth-order valence-electron chi connectivity index (χ4n) is 4.05. The first-order chi connectivity index (χ1) is 16.7. The van der Waals surface area contributed by atoms with Crippen LogP contribution in [0, 0.1) is 0 Å². The quantitative estimate of drug-likeness (QED) is 0.312. The molecule has 0 aromatic heterocycles. The normalized spacial score (nSPS) is 13.3. The van der Waals surface area contributed by atoms with E-state index in [0.29, 0.717) is 6.54 Å². The van der Waals surface area contributed by atoms with E-state index in [2.05, 4.69) is 50.0 Å². The van der Waals surface area contributed by atoms with Gasteiger partial charge in [0.2, 0.25) is 0 Å². The molecule has 2 atom stereocenters. The van der Waals surface area contributed by atoms with Gasteiger partial charge in [-0.3, -0.25) is 0 Å². The molecule has 1 unspecified atom stereocenters. The Morgan fingerprint density at radius 1 is 1.06 bits per heavy atom. The Morgan fingerprint density at radius 3 is 2.34 bits per heavy atom. The van der Waals surface area contributed by atoms with Crippen molar-refractivity contribution < 1.29 is 19.7 Å². The third kappa shape index (κ3) is 7.62. The molecule has 5 heteroatoms. The molecule has 35 heavy (non-hydrogen) atoms. The fraction of sp³-hybridized carbons (Fsp3) is 0.300. The second kappa shape index (κ2) is 11.9. The number of hydrogen-bond donors (Lipinski definition) is 3. The lowest BCUT2D eigenvalue weighted by molar-refractivity contribution is -0.00397. The van der Waals surface area contributed by atoms with Crippen LogP contribution in [0.25, 0.3) is 17.2 Å². The molecule has 0 bridgehead atoms. The number of aromatic carboxylic acids is 1. The van der Waals surface area contributed by atoms with E-state index >= 15 is 0 Å². The average Bonchev–Trinajstić information content (AvgIpc) is 2.86. The maximum absolute atomic E-state index is 11.2. The Hall–Kier alpha value is -3.25. The number of β-amino-alcohol motifs (C(OH)–C–C–N with tert-alkyl or cyclic N) is 1. The number of aliphatic hydroxyl groups excluding tert-OH is 1. The highest BCUT2D eigenvalue weighted by Gasteiger charge is 2.20. The van der Waals surface area contributed by atoms with Crippen LogP contribution in [0.4, 0.5) is 0 Å². The van der Waals surface area contributed by atoms with Crippen molar-refractivity contribution >= 4 is 12.0 Å². The van der Waals surface area contributed by atoms with Gasteiger partial charge in [0, 0.05) is 12.1 Å². The molecule has 0 spiro atoms. The van der Waals surface area contributed by atoms with Gasteiger partial charge in [-0.1, -0.05) is 73.3 Å². The summed E-state index contributed by atoms with van der Waals surface area (Å²) in [7, 11) is 0. The van der Waals surface area contributed by atoms with Crippen LogP contribution in [-0.4, -0.2) is 41.0 Å². The summed E-state index contributed by atoms with van der Waals surface area (Å²) in [6.07, 6.45) is 1.78.